The summed E-state index contributed by atoms with van der Waals surface area (Å²) in [7, 11) is 0. The minimum absolute atomic E-state index is 0.00316. The highest BCUT2D eigenvalue weighted by Gasteiger charge is 2.24. The van der Waals surface area contributed by atoms with Gasteiger partial charge in [-0.1, -0.05) is 108 Å². The molecule has 12 aromatic heterocycles. The van der Waals surface area contributed by atoms with Crippen LogP contribution in [0.4, 0.5) is 5.69 Å². The van der Waals surface area contributed by atoms with Gasteiger partial charge in [-0.2, -0.15) is 20.4 Å². The summed E-state index contributed by atoms with van der Waals surface area (Å²) in [5, 5.41) is 22.5. The van der Waals surface area contributed by atoms with Crippen molar-refractivity contribution in [3.8, 4) is 67.8 Å². The lowest BCUT2D eigenvalue weighted by Gasteiger charge is -2.27. The molecule has 1 saturated heterocycles. The van der Waals surface area contributed by atoms with Crippen molar-refractivity contribution in [2.75, 3.05) is 18.5 Å². The monoisotopic (exact) mass is 1530 g/mol. The van der Waals surface area contributed by atoms with Crippen molar-refractivity contribution in [1.29, 1.82) is 0 Å². The van der Waals surface area contributed by atoms with Gasteiger partial charge < -0.3 is 28.3 Å². The lowest BCUT2D eigenvalue weighted by Crippen LogP contribution is -2.26. The molecule has 5 fully saturated rings. The van der Waals surface area contributed by atoms with Crippen LogP contribution in [0.5, 0.6) is 0 Å². The predicted molar refractivity (Wildman–Crippen MR) is 438 cm³/mol. The molecule has 1 aliphatic heterocycles. The third-order valence-electron chi connectivity index (χ3n) is 21.5. The first-order valence-electron chi connectivity index (χ1n) is 39.7. The zero-order valence-corrected chi connectivity index (χ0v) is 65.4. The molecule has 0 spiro atoms. The maximum atomic E-state index is 12.1. The third-order valence-corrected chi connectivity index (χ3v) is 22.1. The van der Waals surface area contributed by atoms with Crippen LogP contribution in [0.2, 0.25) is 10.0 Å². The SMILES string of the molecule is CC(C)Cn1cc(-n2cc(-c3ncc(CC4CCC4)cc3Cl)cn2)ccc1=O.CCCn1cc(-n2cc(-c3ccc(CC4CCCC4)cn3)cn2)ccc1=O.CCCn1cc(-n2cc(-c3ccc(CC4CCOCC4)cn3)cn2)ccc1=O.O=c1ccc(-n2cc(-c3ncc(NC4CCC4)cc3Cl)cn2)cn1CC1CC1. The smallest absolute Gasteiger partial charge is 0.250 e. The molecule has 576 valence electrons. The van der Waals surface area contributed by atoms with Gasteiger partial charge in [-0.25, -0.2) is 18.7 Å². The highest BCUT2D eigenvalue weighted by atomic mass is 35.5. The second kappa shape index (κ2) is 36.6. The Bertz CT molecular complexity index is 5170. The maximum Gasteiger partial charge on any atom is 0.250 e. The average molecular weight is 1530 g/mol. The van der Waals surface area contributed by atoms with Crippen LogP contribution in [0.15, 0.2) is 203 Å². The molecule has 12 aromatic rings. The Morgan fingerprint density at radius 1 is 0.414 bits per heavy atom. The molecule has 4 saturated carbocycles. The second-order valence-electron chi connectivity index (χ2n) is 30.8. The number of nitrogens with zero attached hydrogens (tertiary/aromatic N) is 16. The fourth-order valence-corrected chi connectivity index (χ4v) is 15.3. The van der Waals surface area contributed by atoms with Gasteiger partial charge >= 0.3 is 0 Å². The number of aryl methyl sites for hydroxylation is 2. The van der Waals surface area contributed by atoms with E-state index in [4.69, 9.17) is 27.9 Å². The predicted octanol–water partition coefficient (Wildman–Crippen LogP) is 16.6. The molecule has 24 heteroatoms. The molecular weight excluding hydrogens is 1430 g/mol. The molecule has 0 amide bonds. The fraction of sp³-hybridized carbons (Fsp3) is 0.402. The highest BCUT2D eigenvalue weighted by molar-refractivity contribution is 6.33. The van der Waals surface area contributed by atoms with E-state index in [1.54, 1.807) is 91.9 Å². The molecule has 0 aromatic carbocycles. The molecule has 0 bridgehead atoms. The minimum Gasteiger partial charge on any atom is -0.381 e. The Balaban J connectivity index is 0.000000123. The summed E-state index contributed by atoms with van der Waals surface area (Å²) >= 11 is 13.0. The van der Waals surface area contributed by atoms with Crippen LogP contribution in [-0.4, -0.2) is 96.6 Å². The van der Waals surface area contributed by atoms with Gasteiger partial charge in [0.2, 0.25) is 0 Å². The molecule has 22 nitrogen and oxygen atoms in total. The van der Waals surface area contributed by atoms with Crippen molar-refractivity contribution in [3.63, 3.8) is 0 Å². The number of ether oxygens (including phenoxy) is 1. The number of pyridine rings is 8. The average Bonchev–Trinajstić information content (AvgIpc) is 1.68. The molecule has 0 atom stereocenters. The van der Waals surface area contributed by atoms with Gasteiger partial charge in [-0.05, 0) is 172 Å². The first-order chi connectivity index (χ1) is 54.1. The minimum atomic E-state index is -0.00316. The molecule has 0 radical (unpaired) electrons. The maximum absolute atomic E-state index is 12.1. The Morgan fingerprint density at radius 2 is 0.829 bits per heavy atom. The van der Waals surface area contributed by atoms with Crippen molar-refractivity contribution in [3.05, 3.63) is 252 Å². The van der Waals surface area contributed by atoms with Gasteiger partial charge in [0.1, 0.15) is 0 Å². The number of rotatable bonds is 24. The number of hydrogen-bond acceptors (Lipinski definition) is 14. The Kier molecular flexibility index (Phi) is 25.5. The lowest BCUT2D eigenvalue weighted by molar-refractivity contribution is 0.0665. The van der Waals surface area contributed by atoms with Crippen molar-refractivity contribution < 1.29 is 4.74 Å². The Morgan fingerprint density at radius 3 is 1.26 bits per heavy atom. The van der Waals surface area contributed by atoms with Crippen LogP contribution in [0, 0.1) is 29.6 Å². The summed E-state index contributed by atoms with van der Waals surface area (Å²) in [5.41, 5.74) is 15.2. The van der Waals surface area contributed by atoms with Crippen molar-refractivity contribution in [2.45, 2.75) is 182 Å². The molecule has 13 heterocycles. The zero-order chi connectivity index (χ0) is 76.7. The lowest BCUT2D eigenvalue weighted by atomic mass is 9.81. The molecule has 17 rings (SSSR count). The summed E-state index contributed by atoms with van der Waals surface area (Å²) in [6.07, 6.45) is 52.9. The fourth-order valence-electron chi connectivity index (χ4n) is 14.7. The van der Waals surface area contributed by atoms with Crippen molar-refractivity contribution in [1.82, 2.24) is 77.3 Å². The van der Waals surface area contributed by atoms with Gasteiger partial charge in [0, 0.05) is 160 Å². The van der Waals surface area contributed by atoms with E-state index in [-0.39, 0.29) is 22.2 Å². The number of hydrogen-bond donors (Lipinski definition) is 1. The summed E-state index contributed by atoms with van der Waals surface area (Å²) in [4.78, 5) is 66.4. The standard InChI is InChI=1S/C22H25ClN4O.C22H26N4O2.C22H26N4O.C21H22ClN5O/c1-15(2)12-26-14-19(6-7-21(26)28)27-13-18(11-25-27)22-20(23)9-17(10-24-22)8-16-4-3-5-16;1-2-9-25-16-20(4-6-22(25)27)26-15-19(14-24-26)21-5-3-18(13-23-21)12-17-7-10-28-11-8-17;1-2-11-25-16-20(8-10-22(25)27)26-15-19(14-24-26)21-9-7-18(13-23-21)12-17-5-3-4-6-17;22-19-8-17(25-16-2-1-3-16)10-23-21(19)15-9-24-27(12-15)18-6-7-20(28)26(13-18)11-14-4-5-14/h6-7,9-11,13-16H,3-5,8,12H2,1-2H3;3-6,13-17H,2,7-12H2,1H3;7-10,13-17H,2-6,11-12H2,1H3;6-10,12-14,16,25H,1-5,11H2. The van der Waals surface area contributed by atoms with E-state index in [1.807, 2.05) is 105 Å². The van der Waals surface area contributed by atoms with E-state index in [0.717, 1.165) is 144 Å². The Hall–Kier alpha value is -10.4. The largest absolute Gasteiger partial charge is 0.381 e. The van der Waals surface area contributed by atoms with E-state index >= 15 is 0 Å². The van der Waals surface area contributed by atoms with Crippen molar-refractivity contribution in [2.24, 2.45) is 29.6 Å². The third kappa shape index (κ3) is 20.4. The van der Waals surface area contributed by atoms with Gasteiger partial charge in [0.05, 0.1) is 92.2 Å². The van der Waals surface area contributed by atoms with Gasteiger partial charge in [0.25, 0.3) is 22.2 Å². The second-order valence-corrected chi connectivity index (χ2v) is 31.7. The first-order valence-corrected chi connectivity index (χ1v) is 40.4. The highest BCUT2D eigenvalue weighted by Crippen LogP contribution is 2.35. The normalized spacial score (nSPS) is 15.2. The number of anilines is 1. The van der Waals surface area contributed by atoms with Crippen LogP contribution < -0.4 is 27.6 Å². The molecule has 1 N–H and O–H groups in total. The van der Waals surface area contributed by atoms with Crippen molar-refractivity contribution >= 4 is 28.9 Å². The number of aromatic nitrogens is 16. The van der Waals surface area contributed by atoms with E-state index in [1.165, 1.54) is 93.7 Å². The van der Waals surface area contributed by atoms with Gasteiger partial charge in [0.15, 0.2) is 0 Å². The molecule has 0 unspecified atom stereocenters. The summed E-state index contributed by atoms with van der Waals surface area (Å²) in [5.74, 6) is 3.34. The molecule has 4 aliphatic carbocycles. The topological polar surface area (TPSA) is 232 Å². The summed E-state index contributed by atoms with van der Waals surface area (Å²) in [6.45, 7) is 12.9. The van der Waals surface area contributed by atoms with Crippen LogP contribution >= 0.6 is 23.2 Å². The van der Waals surface area contributed by atoms with Crippen LogP contribution in [0.3, 0.4) is 0 Å². The van der Waals surface area contributed by atoms with E-state index in [0.29, 0.717) is 59.2 Å². The van der Waals surface area contributed by atoms with Gasteiger partial charge in [-0.3, -0.25) is 39.1 Å². The van der Waals surface area contributed by atoms with Crippen LogP contribution in [0.25, 0.3) is 67.8 Å². The van der Waals surface area contributed by atoms with E-state index in [9.17, 15) is 19.2 Å². The zero-order valence-electron chi connectivity index (χ0n) is 63.9. The summed E-state index contributed by atoms with van der Waals surface area (Å²) in [6, 6.07) is 26.6. The molecule has 111 heavy (non-hydrogen) atoms. The number of halogens is 2. The molecule has 5 aliphatic rings. The first kappa shape index (κ1) is 77.3. The molecular formula is C87H99Cl2N17O5. The van der Waals surface area contributed by atoms with Crippen LogP contribution in [-0.2, 0) is 50.2 Å². The number of nitrogens with one attached hydrogen (secondary N) is 1. The van der Waals surface area contributed by atoms with E-state index < -0.39 is 0 Å². The summed E-state index contributed by atoms with van der Waals surface area (Å²) < 4.78 is 19.5. The Labute approximate surface area is 657 Å². The van der Waals surface area contributed by atoms with Gasteiger partial charge in [-0.15, -0.1) is 0 Å². The van der Waals surface area contributed by atoms with E-state index in [2.05, 4.69) is 97.6 Å². The van der Waals surface area contributed by atoms with Crippen LogP contribution in [0.1, 0.15) is 147 Å². The quantitative estimate of drug-likeness (QED) is 0.0593.